The van der Waals surface area contributed by atoms with Crippen molar-refractivity contribution >= 4 is 28.3 Å². The summed E-state index contributed by atoms with van der Waals surface area (Å²) in [5, 5.41) is 4.22. The molecule has 0 aromatic carbocycles. The maximum atomic E-state index is 6.02. The average molecular weight is 266 g/mol. The van der Waals surface area contributed by atoms with E-state index < -0.39 is 0 Å². The van der Waals surface area contributed by atoms with Gasteiger partial charge in [0.15, 0.2) is 0 Å². The lowest BCUT2D eigenvalue weighted by Gasteiger charge is -2.27. The standard InChI is InChI=1S/C13H16ClN3O/c1-15-13-5-9-4-10(6-14)17(12(9)7-16-13)8-11-2-3-18-11/h4-5,7,11H,2-3,6,8H2,1H3,(H,15,16)/t11-/m0/s1. The fourth-order valence-electron chi connectivity index (χ4n) is 2.31. The summed E-state index contributed by atoms with van der Waals surface area (Å²) in [6.07, 6.45) is 3.35. The number of alkyl halides is 1. The topological polar surface area (TPSA) is 39.1 Å². The van der Waals surface area contributed by atoms with Crippen molar-refractivity contribution in [2.75, 3.05) is 19.0 Å². The molecule has 2 aromatic heterocycles. The van der Waals surface area contributed by atoms with Crippen molar-refractivity contribution < 1.29 is 4.74 Å². The van der Waals surface area contributed by atoms with Crippen LogP contribution in [0.3, 0.4) is 0 Å². The minimum Gasteiger partial charge on any atom is -0.376 e. The van der Waals surface area contributed by atoms with Crippen molar-refractivity contribution in [2.45, 2.75) is 24.9 Å². The van der Waals surface area contributed by atoms with E-state index >= 15 is 0 Å². The molecule has 0 unspecified atom stereocenters. The van der Waals surface area contributed by atoms with E-state index in [0.717, 1.165) is 36.6 Å². The number of fused-ring (bicyclic) bond motifs is 1. The number of nitrogens with one attached hydrogen (secondary N) is 1. The summed E-state index contributed by atoms with van der Waals surface area (Å²) >= 11 is 6.02. The van der Waals surface area contributed by atoms with Crippen molar-refractivity contribution in [3.05, 3.63) is 24.0 Å². The first kappa shape index (κ1) is 11.8. The van der Waals surface area contributed by atoms with Gasteiger partial charge in [-0.3, -0.25) is 0 Å². The molecule has 0 radical (unpaired) electrons. The van der Waals surface area contributed by atoms with E-state index in [0.29, 0.717) is 12.0 Å². The molecule has 0 spiro atoms. The van der Waals surface area contributed by atoms with Gasteiger partial charge in [0, 0.05) is 31.3 Å². The lowest BCUT2D eigenvalue weighted by Crippen LogP contribution is -2.31. The number of nitrogens with zero attached hydrogens (tertiary/aromatic N) is 2. The molecule has 18 heavy (non-hydrogen) atoms. The summed E-state index contributed by atoms with van der Waals surface area (Å²) in [4.78, 5) is 4.37. The normalized spacial score (nSPS) is 18.9. The molecule has 5 heteroatoms. The van der Waals surface area contributed by atoms with Gasteiger partial charge in [-0.2, -0.15) is 0 Å². The molecule has 96 valence electrons. The molecule has 0 saturated carbocycles. The van der Waals surface area contributed by atoms with E-state index in [2.05, 4.69) is 20.9 Å². The van der Waals surface area contributed by atoms with Crippen molar-refractivity contribution in [1.82, 2.24) is 9.55 Å². The third-order valence-corrected chi connectivity index (χ3v) is 3.72. The Morgan fingerprint density at radius 1 is 1.56 bits per heavy atom. The zero-order valence-electron chi connectivity index (χ0n) is 10.3. The molecule has 1 aliphatic rings. The lowest BCUT2D eigenvalue weighted by molar-refractivity contribution is -0.0588. The molecule has 0 bridgehead atoms. The van der Waals surface area contributed by atoms with Crippen LogP contribution in [-0.2, 0) is 17.2 Å². The van der Waals surface area contributed by atoms with Gasteiger partial charge in [-0.05, 0) is 18.6 Å². The monoisotopic (exact) mass is 265 g/mol. The molecule has 1 fully saturated rings. The average Bonchev–Trinajstić information content (AvgIpc) is 2.70. The van der Waals surface area contributed by atoms with E-state index in [9.17, 15) is 0 Å². The Labute approximate surface area is 111 Å². The molecule has 1 aliphatic heterocycles. The minimum absolute atomic E-state index is 0.326. The number of pyridine rings is 1. The summed E-state index contributed by atoms with van der Waals surface area (Å²) < 4.78 is 7.72. The summed E-state index contributed by atoms with van der Waals surface area (Å²) in [5.41, 5.74) is 2.25. The Bertz CT molecular complexity index is 563. The van der Waals surface area contributed by atoms with Gasteiger partial charge in [-0.15, -0.1) is 11.6 Å². The molecular formula is C13H16ClN3O. The van der Waals surface area contributed by atoms with Gasteiger partial charge in [0.1, 0.15) is 5.82 Å². The fourth-order valence-corrected chi connectivity index (χ4v) is 2.53. The third kappa shape index (κ3) is 1.95. The van der Waals surface area contributed by atoms with Crippen LogP contribution in [0.4, 0.5) is 5.82 Å². The Kier molecular flexibility index (Phi) is 3.14. The maximum absolute atomic E-state index is 6.02. The lowest BCUT2D eigenvalue weighted by atomic mass is 10.2. The first-order valence-corrected chi connectivity index (χ1v) is 6.68. The van der Waals surface area contributed by atoms with Crippen molar-refractivity contribution in [1.29, 1.82) is 0 Å². The number of hydrogen-bond acceptors (Lipinski definition) is 3. The number of aromatic nitrogens is 2. The second-order valence-electron chi connectivity index (χ2n) is 4.54. The SMILES string of the molecule is CNc1cc2cc(CCl)n(C[C@@H]3CCO3)c2cn1. The van der Waals surface area contributed by atoms with Gasteiger partial charge in [0.05, 0.1) is 23.7 Å². The summed E-state index contributed by atoms with van der Waals surface area (Å²) in [5.74, 6) is 1.39. The van der Waals surface area contributed by atoms with Crippen LogP contribution >= 0.6 is 11.6 Å². The summed E-state index contributed by atoms with van der Waals surface area (Å²) in [7, 11) is 1.87. The van der Waals surface area contributed by atoms with E-state index in [1.807, 2.05) is 19.3 Å². The van der Waals surface area contributed by atoms with Crippen LogP contribution in [0.1, 0.15) is 12.1 Å². The fraction of sp³-hybridized carbons (Fsp3) is 0.462. The smallest absolute Gasteiger partial charge is 0.126 e. The predicted molar refractivity (Wildman–Crippen MR) is 73.2 cm³/mol. The molecule has 3 rings (SSSR count). The highest BCUT2D eigenvalue weighted by Gasteiger charge is 2.21. The van der Waals surface area contributed by atoms with Crippen molar-refractivity contribution in [3.63, 3.8) is 0 Å². The highest BCUT2D eigenvalue weighted by atomic mass is 35.5. The van der Waals surface area contributed by atoms with Gasteiger partial charge >= 0.3 is 0 Å². The van der Waals surface area contributed by atoms with Crippen molar-refractivity contribution in [3.8, 4) is 0 Å². The molecular weight excluding hydrogens is 250 g/mol. The quantitative estimate of drug-likeness (QED) is 0.864. The van der Waals surface area contributed by atoms with E-state index in [4.69, 9.17) is 16.3 Å². The van der Waals surface area contributed by atoms with Crippen molar-refractivity contribution in [2.24, 2.45) is 0 Å². The molecule has 1 atom stereocenters. The third-order valence-electron chi connectivity index (χ3n) is 3.45. The van der Waals surface area contributed by atoms with Crippen LogP contribution in [0.2, 0.25) is 0 Å². The Morgan fingerprint density at radius 3 is 3.00 bits per heavy atom. The van der Waals surface area contributed by atoms with Gasteiger partial charge in [0.25, 0.3) is 0 Å². The minimum atomic E-state index is 0.326. The molecule has 3 heterocycles. The molecule has 0 amide bonds. The zero-order valence-corrected chi connectivity index (χ0v) is 11.1. The Morgan fingerprint density at radius 2 is 2.39 bits per heavy atom. The highest BCUT2D eigenvalue weighted by Crippen LogP contribution is 2.25. The van der Waals surface area contributed by atoms with E-state index in [1.165, 1.54) is 5.39 Å². The molecule has 1 saturated heterocycles. The summed E-state index contributed by atoms with van der Waals surface area (Å²) in [6, 6.07) is 4.17. The zero-order chi connectivity index (χ0) is 12.5. The first-order chi connectivity index (χ1) is 8.81. The van der Waals surface area contributed by atoms with Gasteiger partial charge in [-0.1, -0.05) is 0 Å². The second-order valence-corrected chi connectivity index (χ2v) is 4.81. The molecule has 0 aliphatic carbocycles. The van der Waals surface area contributed by atoms with Crippen LogP contribution in [0.5, 0.6) is 0 Å². The van der Waals surface area contributed by atoms with Gasteiger partial charge < -0.3 is 14.6 Å². The van der Waals surface area contributed by atoms with Gasteiger partial charge in [-0.25, -0.2) is 4.98 Å². The van der Waals surface area contributed by atoms with Crippen LogP contribution < -0.4 is 5.32 Å². The number of rotatable bonds is 4. The van der Waals surface area contributed by atoms with E-state index in [-0.39, 0.29) is 0 Å². The number of ether oxygens (including phenoxy) is 1. The first-order valence-electron chi connectivity index (χ1n) is 6.15. The second kappa shape index (κ2) is 4.78. The number of anilines is 1. The van der Waals surface area contributed by atoms with E-state index in [1.54, 1.807) is 0 Å². The molecule has 2 aromatic rings. The summed E-state index contributed by atoms with van der Waals surface area (Å²) in [6.45, 7) is 1.74. The van der Waals surface area contributed by atoms with Crippen LogP contribution in [-0.4, -0.2) is 29.3 Å². The van der Waals surface area contributed by atoms with Crippen LogP contribution in [0.25, 0.3) is 10.9 Å². The Balaban J connectivity index is 2.03. The molecule has 1 N–H and O–H groups in total. The predicted octanol–water partition coefficient (Wildman–Crippen LogP) is 2.61. The Hall–Kier alpha value is -1.26. The maximum Gasteiger partial charge on any atom is 0.126 e. The van der Waals surface area contributed by atoms with Crippen LogP contribution in [0.15, 0.2) is 18.3 Å². The number of halogens is 1. The largest absolute Gasteiger partial charge is 0.376 e. The van der Waals surface area contributed by atoms with Gasteiger partial charge in [0.2, 0.25) is 0 Å². The highest BCUT2D eigenvalue weighted by molar-refractivity contribution is 6.17. The molecule has 4 nitrogen and oxygen atoms in total. The van der Waals surface area contributed by atoms with Crippen LogP contribution in [0, 0.1) is 0 Å². The number of hydrogen-bond donors (Lipinski definition) is 1.